The normalized spacial score (nSPS) is 15.5. The van der Waals surface area contributed by atoms with Crippen molar-refractivity contribution in [3.8, 4) is 11.3 Å². The predicted octanol–water partition coefficient (Wildman–Crippen LogP) is 3.56. The summed E-state index contributed by atoms with van der Waals surface area (Å²) in [6.07, 6.45) is -0.795. The summed E-state index contributed by atoms with van der Waals surface area (Å²) in [7, 11) is 0. The van der Waals surface area contributed by atoms with Crippen molar-refractivity contribution in [2.45, 2.75) is 25.9 Å². The van der Waals surface area contributed by atoms with E-state index in [9.17, 15) is 22.4 Å². The Morgan fingerprint density at radius 1 is 1.38 bits per heavy atom. The van der Waals surface area contributed by atoms with E-state index in [0.717, 1.165) is 0 Å². The summed E-state index contributed by atoms with van der Waals surface area (Å²) in [5.74, 6) is -3.43. The SMILES string of the molecule is Cc1cc(-c2cccnc2F)nc2c(C(=O)NCC(C3CC3)C(F)(F)F)cnn12. The van der Waals surface area contributed by atoms with Crippen molar-refractivity contribution in [3.05, 3.63) is 47.8 Å². The van der Waals surface area contributed by atoms with Gasteiger partial charge in [-0.05, 0) is 43.9 Å². The number of hydrogen-bond donors (Lipinski definition) is 1. The van der Waals surface area contributed by atoms with E-state index in [4.69, 9.17) is 0 Å². The van der Waals surface area contributed by atoms with Crippen molar-refractivity contribution in [2.75, 3.05) is 6.54 Å². The summed E-state index contributed by atoms with van der Waals surface area (Å²) < 4.78 is 54.9. The van der Waals surface area contributed by atoms with Crippen molar-refractivity contribution >= 4 is 11.6 Å². The minimum absolute atomic E-state index is 0.0240. The van der Waals surface area contributed by atoms with E-state index in [1.807, 2.05) is 0 Å². The zero-order valence-electron chi connectivity index (χ0n) is 15.4. The van der Waals surface area contributed by atoms with Crippen LogP contribution in [0.5, 0.6) is 0 Å². The van der Waals surface area contributed by atoms with Gasteiger partial charge >= 0.3 is 6.18 Å². The smallest absolute Gasteiger partial charge is 0.351 e. The van der Waals surface area contributed by atoms with Gasteiger partial charge in [0.1, 0.15) is 5.56 Å². The molecule has 29 heavy (non-hydrogen) atoms. The number of nitrogens with zero attached hydrogens (tertiary/aromatic N) is 4. The molecule has 0 saturated heterocycles. The highest BCUT2D eigenvalue weighted by atomic mass is 19.4. The summed E-state index contributed by atoms with van der Waals surface area (Å²) >= 11 is 0. The molecule has 3 aromatic rings. The van der Waals surface area contributed by atoms with Gasteiger partial charge in [-0.3, -0.25) is 4.79 Å². The molecule has 10 heteroatoms. The first-order valence-corrected chi connectivity index (χ1v) is 9.07. The van der Waals surface area contributed by atoms with Crippen LogP contribution in [0.25, 0.3) is 16.9 Å². The molecule has 0 bridgehead atoms. The highest BCUT2D eigenvalue weighted by Gasteiger charge is 2.48. The van der Waals surface area contributed by atoms with Crippen molar-refractivity contribution in [3.63, 3.8) is 0 Å². The molecule has 152 valence electrons. The second-order valence-corrected chi connectivity index (χ2v) is 7.11. The number of hydrogen-bond acceptors (Lipinski definition) is 4. The maximum absolute atomic E-state index is 14.0. The predicted molar refractivity (Wildman–Crippen MR) is 95.5 cm³/mol. The molecule has 6 nitrogen and oxygen atoms in total. The fraction of sp³-hybridized carbons (Fsp3) is 0.368. The summed E-state index contributed by atoms with van der Waals surface area (Å²) in [5, 5.41) is 6.44. The Kier molecular flexibility index (Phi) is 4.71. The molecule has 1 aliphatic rings. The molecule has 0 aromatic carbocycles. The zero-order valence-corrected chi connectivity index (χ0v) is 15.4. The molecule has 1 saturated carbocycles. The number of rotatable bonds is 5. The van der Waals surface area contributed by atoms with Gasteiger partial charge in [-0.15, -0.1) is 0 Å². The van der Waals surface area contributed by atoms with Crippen LogP contribution in [0.1, 0.15) is 28.9 Å². The lowest BCUT2D eigenvalue weighted by atomic mass is 10.0. The Hall–Kier alpha value is -3.04. The number of carbonyl (C=O) groups is 1. The van der Waals surface area contributed by atoms with E-state index in [2.05, 4.69) is 20.4 Å². The molecule has 1 fully saturated rings. The molecule has 3 heterocycles. The summed E-state index contributed by atoms with van der Waals surface area (Å²) in [6.45, 7) is 1.20. The van der Waals surface area contributed by atoms with Crippen LogP contribution in [0.4, 0.5) is 17.6 Å². The highest BCUT2D eigenvalue weighted by Crippen LogP contribution is 2.44. The van der Waals surface area contributed by atoms with E-state index in [-0.39, 0.29) is 22.5 Å². The Bertz CT molecular complexity index is 1070. The van der Waals surface area contributed by atoms with Crippen LogP contribution in [0.2, 0.25) is 0 Å². The topological polar surface area (TPSA) is 72.2 Å². The average molecular weight is 407 g/mol. The Morgan fingerprint density at radius 2 is 2.14 bits per heavy atom. The highest BCUT2D eigenvalue weighted by molar-refractivity contribution is 5.99. The third-order valence-corrected chi connectivity index (χ3v) is 5.02. The first-order valence-electron chi connectivity index (χ1n) is 9.07. The quantitative estimate of drug-likeness (QED) is 0.519. The fourth-order valence-corrected chi connectivity index (χ4v) is 3.33. The van der Waals surface area contributed by atoms with Gasteiger partial charge in [-0.1, -0.05) is 0 Å². The van der Waals surface area contributed by atoms with Crippen LogP contribution < -0.4 is 5.32 Å². The van der Waals surface area contributed by atoms with Gasteiger partial charge in [0.15, 0.2) is 5.65 Å². The Morgan fingerprint density at radius 3 is 2.79 bits per heavy atom. The van der Waals surface area contributed by atoms with E-state index in [1.165, 1.54) is 23.0 Å². The van der Waals surface area contributed by atoms with Gasteiger partial charge < -0.3 is 5.32 Å². The second-order valence-electron chi connectivity index (χ2n) is 7.11. The lowest BCUT2D eigenvalue weighted by Crippen LogP contribution is -2.37. The van der Waals surface area contributed by atoms with Crippen molar-refractivity contribution in [1.82, 2.24) is 24.9 Å². The Balaban J connectivity index is 1.64. The van der Waals surface area contributed by atoms with Gasteiger partial charge in [0, 0.05) is 18.4 Å². The number of fused-ring (bicyclic) bond motifs is 1. The van der Waals surface area contributed by atoms with E-state index in [0.29, 0.717) is 18.5 Å². The Labute approximate surface area is 163 Å². The minimum Gasteiger partial charge on any atom is -0.351 e. The average Bonchev–Trinajstić information content (AvgIpc) is 3.38. The molecule has 4 rings (SSSR count). The minimum atomic E-state index is -4.37. The number of nitrogens with one attached hydrogen (secondary N) is 1. The van der Waals surface area contributed by atoms with Gasteiger partial charge in [0.2, 0.25) is 5.95 Å². The summed E-state index contributed by atoms with van der Waals surface area (Å²) in [5.41, 5.74) is 1.14. The molecule has 1 atom stereocenters. The number of amides is 1. The van der Waals surface area contributed by atoms with Crippen molar-refractivity contribution in [2.24, 2.45) is 11.8 Å². The van der Waals surface area contributed by atoms with Crippen molar-refractivity contribution < 1.29 is 22.4 Å². The lowest BCUT2D eigenvalue weighted by molar-refractivity contribution is -0.178. The molecule has 1 unspecified atom stereocenters. The number of halogens is 4. The number of alkyl halides is 3. The summed E-state index contributed by atoms with van der Waals surface area (Å²) in [4.78, 5) is 20.5. The van der Waals surface area contributed by atoms with Crippen LogP contribution in [-0.2, 0) is 0 Å². The van der Waals surface area contributed by atoms with Gasteiger partial charge in [0.25, 0.3) is 5.91 Å². The number of aromatic nitrogens is 4. The molecule has 0 radical (unpaired) electrons. The fourth-order valence-electron chi connectivity index (χ4n) is 3.33. The van der Waals surface area contributed by atoms with Crippen LogP contribution in [-0.4, -0.2) is 38.2 Å². The molecule has 1 N–H and O–H groups in total. The molecule has 1 aliphatic carbocycles. The van der Waals surface area contributed by atoms with E-state index < -0.39 is 36.4 Å². The first-order chi connectivity index (χ1) is 13.8. The molecule has 0 spiro atoms. The number of carbonyl (C=O) groups excluding carboxylic acids is 1. The van der Waals surface area contributed by atoms with Crippen LogP contribution in [0.3, 0.4) is 0 Å². The molecular formula is C19H17F4N5O. The van der Waals surface area contributed by atoms with E-state index >= 15 is 0 Å². The van der Waals surface area contributed by atoms with E-state index in [1.54, 1.807) is 19.1 Å². The third kappa shape index (κ3) is 3.79. The van der Waals surface area contributed by atoms with Gasteiger partial charge in [-0.25, -0.2) is 14.5 Å². The van der Waals surface area contributed by atoms with Crippen LogP contribution in [0.15, 0.2) is 30.6 Å². The molecule has 1 amide bonds. The van der Waals surface area contributed by atoms with Crippen molar-refractivity contribution in [1.29, 1.82) is 0 Å². The monoisotopic (exact) mass is 407 g/mol. The second kappa shape index (κ2) is 7.09. The standard InChI is InChI=1S/C19H17F4N5O/c1-10-7-15(12-3-2-6-24-16(12)20)27-17-13(8-26-28(10)17)18(29)25-9-14(11-4-5-11)19(21,22)23/h2-3,6-8,11,14H,4-5,9H2,1H3,(H,25,29). The van der Waals surface area contributed by atoms with Crippen LogP contribution >= 0.6 is 0 Å². The molecule has 3 aromatic heterocycles. The van der Waals surface area contributed by atoms with Crippen LogP contribution in [0, 0.1) is 24.7 Å². The van der Waals surface area contributed by atoms with Gasteiger partial charge in [0.05, 0.1) is 23.4 Å². The zero-order chi connectivity index (χ0) is 20.8. The number of aryl methyl sites for hydroxylation is 1. The number of pyridine rings is 1. The maximum atomic E-state index is 14.0. The summed E-state index contributed by atoms with van der Waals surface area (Å²) in [6, 6.07) is 4.65. The molecule has 0 aliphatic heterocycles. The molecular weight excluding hydrogens is 390 g/mol. The largest absolute Gasteiger partial charge is 0.393 e. The third-order valence-electron chi connectivity index (χ3n) is 5.02. The lowest BCUT2D eigenvalue weighted by Gasteiger charge is -2.20. The maximum Gasteiger partial charge on any atom is 0.393 e. The first kappa shape index (κ1) is 19.3. The van der Waals surface area contributed by atoms with Gasteiger partial charge in [-0.2, -0.15) is 22.7 Å².